The number of hydrogen-bond acceptors (Lipinski definition) is 7. The summed E-state index contributed by atoms with van der Waals surface area (Å²) in [4.78, 5) is 33.9. The quantitative estimate of drug-likeness (QED) is 0.367. The van der Waals surface area contributed by atoms with Crippen LogP contribution in [0.1, 0.15) is 29.7 Å². The highest BCUT2D eigenvalue weighted by atomic mass is 35.5. The summed E-state index contributed by atoms with van der Waals surface area (Å²) < 4.78 is 20.6. The van der Waals surface area contributed by atoms with Crippen LogP contribution < -0.4 is 9.64 Å². The molecule has 0 bridgehead atoms. The van der Waals surface area contributed by atoms with Crippen molar-refractivity contribution in [1.29, 1.82) is 0 Å². The molecule has 39 heavy (non-hydrogen) atoms. The van der Waals surface area contributed by atoms with Crippen molar-refractivity contribution in [3.63, 3.8) is 0 Å². The van der Waals surface area contributed by atoms with Crippen molar-refractivity contribution in [2.24, 2.45) is 0 Å². The second-order valence-electron chi connectivity index (χ2n) is 10.4. The summed E-state index contributed by atoms with van der Waals surface area (Å²) in [5.41, 5.74) is 2.34. The third kappa shape index (κ3) is 6.01. The number of rotatable bonds is 8. The van der Waals surface area contributed by atoms with Crippen molar-refractivity contribution in [2.75, 3.05) is 51.3 Å². The number of carbonyl (C=O) groups excluding carboxylic acids is 1. The fourth-order valence-electron chi connectivity index (χ4n) is 5.70. The number of aromatic nitrogens is 2. The van der Waals surface area contributed by atoms with Crippen LogP contribution in [-0.4, -0.2) is 89.0 Å². The summed E-state index contributed by atoms with van der Waals surface area (Å²) in [6.07, 6.45) is 3.52. The standard InChI is InChI=1S/C28H33ClFN7O2/c1-4-26(38)37-11-10-36(15-22(37)13-31-2)27-23-16-35(14-19-12-20(29)7-8-24(19)30)17-25(23)32-28(33-27)39-18-21-6-5-9-34(21)3/h4,7-8,12,21-22H,1,5-6,9-11,13-18H2,3H3/t21-,22-/m0/s1. The lowest BCUT2D eigenvalue weighted by Gasteiger charge is -2.40. The molecule has 2 fully saturated rings. The molecule has 0 aliphatic carbocycles. The van der Waals surface area contributed by atoms with Crippen LogP contribution in [0.5, 0.6) is 6.01 Å². The molecule has 0 unspecified atom stereocenters. The van der Waals surface area contributed by atoms with Gasteiger partial charge in [0.05, 0.1) is 5.69 Å². The number of carbonyl (C=O) groups is 1. The first-order valence-corrected chi connectivity index (χ1v) is 13.6. The van der Waals surface area contributed by atoms with Gasteiger partial charge in [-0.1, -0.05) is 18.2 Å². The third-order valence-corrected chi connectivity index (χ3v) is 8.06. The van der Waals surface area contributed by atoms with Crippen molar-refractivity contribution in [3.8, 4) is 6.01 Å². The van der Waals surface area contributed by atoms with Crippen molar-refractivity contribution >= 4 is 23.3 Å². The van der Waals surface area contributed by atoms with Crippen LogP contribution in [0.4, 0.5) is 10.2 Å². The predicted molar refractivity (Wildman–Crippen MR) is 147 cm³/mol. The van der Waals surface area contributed by atoms with E-state index >= 15 is 0 Å². The van der Waals surface area contributed by atoms with Gasteiger partial charge in [-0.25, -0.2) is 11.0 Å². The van der Waals surface area contributed by atoms with Crippen molar-refractivity contribution in [2.45, 2.75) is 44.6 Å². The van der Waals surface area contributed by atoms with Gasteiger partial charge in [0.25, 0.3) is 0 Å². The molecule has 0 radical (unpaired) electrons. The minimum atomic E-state index is -0.295. The number of likely N-dealkylation sites (tertiary alicyclic amines) is 1. The Bertz CT molecular complexity index is 1290. The van der Waals surface area contributed by atoms with E-state index in [-0.39, 0.29) is 24.3 Å². The van der Waals surface area contributed by atoms with Gasteiger partial charge in [0, 0.05) is 61.5 Å². The fourth-order valence-corrected chi connectivity index (χ4v) is 5.89. The van der Waals surface area contributed by atoms with Crippen molar-refractivity contribution in [1.82, 2.24) is 24.7 Å². The maximum atomic E-state index is 14.5. The Morgan fingerprint density at radius 1 is 1.28 bits per heavy atom. The lowest BCUT2D eigenvalue weighted by atomic mass is 10.1. The van der Waals surface area contributed by atoms with Crippen LogP contribution in [0.3, 0.4) is 0 Å². The van der Waals surface area contributed by atoms with E-state index in [1.807, 2.05) is 0 Å². The molecule has 4 heterocycles. The van der Waals surface area contributed by atoms with E-state index in [4.69, 9.17) is 32.9 Å². The second kappa shape index (κ2) is 11.9. The number of hydrogen-bond donors (Lipinski definition) is 0. The highest BCUT2D eigenvalue weighted by Gasteiger charge is 2.35. The average molecular weight is 554 g/mol. The number of nitrogens with zero attached hydrogens (tertiary/aromatic N) is 7. The van der Waals surface area contributed by atoms with Gasteiger partial charge in [0.1, 0.15) is 24.3 Å². The summed E-state index contributed by atoms with van der Waals surface area (Å²) in [6.45, 7) is 15.7. The van der Waals surface area contributed by atoms with E-state index in [0.717, 1.165) is 36.5 Å². The Morgan fingerprint density at radius 3 is 2.87 bits per heavy atom. The Hall–Kier alpha value is -3.26. The first kappa shape index (κ1) is 27.3. The lowest BCUT2D eigenvalue weighted by Crippen LogP contribution is -2.56. The molecule has 1 aromatic carbocycles. The van der Waals surface area contributed by atoms with E-state index in [0.29, 0.717) is 68.5 Å². The summed E-state index contributed by atoms with van der Waals surface area (Å²) in [6, 6.07) is 4.96. The van der Waals surface area contributed by atoms with Crippen LogP contribution in [0.15, 0.2) is 30.9 Å². The van der Waals surface area contributed by atoms with E-state index in [9.17, 15) is 9.18 Å². The number of anilines is 1. The molecule has 206 valence electrons. The number of fused-ring (bicyclic) bond motifs is 1. The molecule has 9 nitrogen and oxygen atoms in total. The largest absolute Gasteiger partial charge is 0.462 e. The Labute approximate surface area is 233 Å². The Kier molecular flexibility index (Phi) is 8.31. The van der Waals surface area contributed by atoms with Crippen LogP contribution in [-0.2, 0) is 24.4 Å². The zero-order valence-electron chi connectivity index (χ0n) is 22.2. The average Bonchev–Trinajstić information content (AvgIpc) is 3.53. The summed E-state index contributed by atoms with van der Waals surface area (Å²) in [5, 5.41) is 0.494. The molecule has 3 aliphatic rings. The summed E-state index contributed by atoms with van der Waals surface area (Å²) in [5.74, 6) is 0.288. The van der Waals surface area contributed by atoms with Crippen molar-refractivity contribution in [3.05, 3.63) is 69.9 Å². The van der Waals surface area contributed by atoms with Crippen LogP contribution in [0.2, 0.25) is 5.02 Å². The van der Waals surface area contributed by atoms with Gasteiger partial charge in [0.2, 0.25) is 12.5 Å². The molecule has 2 atom stereocenters. The molecule has 2 saturated heterocycles. The Morgan fingerprint density at radius 2 is 2.13 bits per heavy atom. The van der Waals surface area contributed by atoms with Crippen LogP contribution in [0.25, 0.3) is 4.85 Å². The number of amides is 1. The fraction of sp³-hybridized carbons (Fsp3) is 0.500. The lowest BCUT2D eigenvalue weighted by molar-refractivity contribution is -0.128. The molecular formula is C28H33ClFN7O2. The molecule has 0 N–H and O–H groups in total. The summed E-state index contributed by atoms with van der Waals surface area (Å²) >= 11 is 6.13. The molecular weight excluding hydrogens is 521 g/mol. The van der Waals surface area contributed by atoms with Gasteiger partial charge in [-0.05, 0) is 50.7 Å². The first-order chi connectivity index (χ1) is 18.9. The minimum absolute atomic E-state index is 0.171. The number of likely N-dealkylation sites (N-methyl/N-ethyl adjacent to an activating group) is 1. The molecule has 11 heteroatoms. The second-order valence-corrected chi connectivity index (χ2v) is 10.8. The highest BCUT2D eigenvalue weighted by Crippen LogP contribution is 2.34. The number of piperazine rings is 1. The topological polar surface area (TPSA) is 69.4 Å². The normalized spacial score (nSPS) is 21.6. The smallest absolute Gasteiger partial charge is 0.318 e. The van der Waals surface area contributed by atoms with Gasteiger partial charge in [0.15, 0.2) is 0 Å². The van der Waals surface area contributed by atoms with Gasteiger partial charge in [-0.3, -0.25) is 9.69 Å². The zero-order valence-corrected chi connectivity index (χ0v) is 22.9. The van der Waals surface area contributed by atoms with Gasteiger partial charge < -0.3 is 24.3 Å². The predicted octanol–water partition coefficient (Wildman–Crippen LogP) is 3.38. The number of ether oxygens (including phenoxy) is 1. The van der Waals surface area contributed by atoms with E-state index in [1.54, 1.807) is 17.0 Å². The van der Waals surface area contributed by atoms with E-state index in [1.165, 1.54) is 12.1 Å². The third-order valence-electron chi connectivity index (χ3n) is 7.83. The van der Waals surface area contributed by atoms with Gasteiger partial charge in [-0.15, -0.1) is 0 Å². The molecule has 5 rings (SSSR count). The molecule has 1 amide bonds. The maximum Gasteiger partial charge on any atom is 0.318 e. The van der Waals surface area contributed by atoms with E-state index < -0.39 is 0 Å². The highest BCUT2D eigenvalue weighted by molar-refractivity contribution is 6.30. The molecule has 0 saturated carbocycles. The minimum Gasteiger partial charge on any atom is -0.462 e. The maximum absolute atomic E-state index is 14.5. The van der Waals surface area contributed by atoms with Gasteiger partial charge >= 0.3 is 6.01 Å². The molecule has 1 aromatic heterocycles. The SMILES string of the molecule is [C-]#[N+]C[C@H]1CN(c2nc(OC[C@@H]3CCCN3C)nc3c2CN(Cc2cc(Cl)ccc2F)C3)CCN1C(=O)C=C. The molecule has 3 aliphatic heterocycles. The van der Waals surface area contributed by atoms with E-state index in [2.05, 4.69) is 33.2 Å². The Balaban J connectivity index is 1.41. The molecule has 2 aromatic rings. The van der Waals surface area contributed by atoms with Crippen LogP contribution in [0, 0.1) is 12.4 Å². The monoisotopic (exact) mass is 553 g/mol. The molecule has 0 spiro atoms. The van der Waals surface area contributed by atoms with Crippen LogP contribution >= 0.6 is 11.6 Å². The zero-order chi connectivity index (χ0) is 27.5. The number of benzene rings is 1. The summed E-state index contributed by atoms with van der Waals surface area (Å²) in [7, 11) is 2.10. The van der Waals surface area contributed by atoms with Gasteiger partial charge in [-0.2, -0.15) is 9.97 Å². The number of halogens is 2. The first-order valence-electron chi connectivity index (χ1n) is 13.3. The van der Waals surface area contributed by atoms with Crippen molar-refractivity contribution < 1.29 is 13.9 Å².